The first kappa shape index (κ1) is 11.5. The molecule has 0 aliphatic heterocycles. The van der Waals surface area contributed by atoms with Gasteiger partial charge in [0.15, 0.2) is 0 Å². The van der Waals surface area contributed by atoms with Gasteiger partial charge in [0.2, 0.25) is 0 Å². The van der Waals surface area contributed by atoms with Crippen molar-refractivity contribution >= 4 is 19.7 Å². The van der Waals surface area contributed by atoms with Crippen LogP contribution in [0.25, 0.3) is 0 Å². The summed E-state index contributed by atoms with van der Waals surface area (Å²) in [5.74, 6) is 0.208. The van der Waals surface area contributed by atoms with E-state index in [1.54, 1.807) is 12.1 Å². The number of hydrogen-bond donors (Lipinski definition) is 0. The summed E-state index contributed by atoms with van der Waals surface area (Å²) in [6, 6.07) is 6.86. The Labute approximate surface area is 89.3 Å². The smallest absolute Gasteiger partial charge is 0.207 e. The molecule has 2 nitrogen and oxygen atoms in total. The number of rotatable bonds is 3. The van der Waals surface area contributed by atoms with E-state index in [2.05, 4.69) is 0 Å². The van der Waals surface area contributed by atoms with E-state index in [0.717, 1.165) is 12.0 Å². The van der Waals surface area contributed by atoms with E-state index >= 15 is 0 Å². The molecule has 0 saturated carbocycles. The predicted octanol–water partition coefficient (Wildman–Crippen LogP) is 3.13. The Balaban J connectivity index is 3.30. The lowest BCUT2D eigenvalue weighted by Crippen LogP contribution is -2.00. The van der Waals surface area contributed by atoms with Crippen LogP contribution >= 0.6 is 10.7 Å². The van der Waals surface area contributed by atoms with Crippen molar-refractivity contribution < 1.29 is 8.42 Å². The van der Waals surface area contributed by atoms with Crippen LogP contribution in [0.15, 0.2) is 29.2 Å². The zero-order valence-corrected chi connectivity index (χ0v) is 9.77. The van der Waals surface area contributed by atoms with Gasteiger partial charge in [0, 0.05) is 10.7 Å². The Morgan fingerprint density at radius 1 is 1.36 bits per heavy atom. The van der Waals surface area contributed by atoms with Crippen LogP contribution in [0.3, 0.4) is 0 Å². The van der Waals surface area contributed by atoms with Crippen molar-refractivity contribution in [1.29, 1.82) is 0 Å². The van der Waals surface area contributed by atoms with Gasteiger partial charge in [-0.1, -0.05) is 32.0 Å². The van der Waals surface area contributed by atoms with Gasteiger partial charge in [0.05, 0.1) is 4.90 Å². The van der Waals surface area contributed by atoms with E-state index in [4.69, 9.17) is 10.7 Å². The van der Waals surface area contributed by atoms with Gasteiger partial charge in [0.25, 0.3) is 9.05 Å². The summed E-state index contributed by atoms with van der Waals surface area (Å²) in [6.07, 6.45) is 0.892. The second-order valence-corrected chi connectivity index (χ2v) is 5.82. The molecule has 0 bridgehead atoms. The van der Waals surface area contributed by atoms with Crippen molar-refractivity contribution in [2.75, 3.05) is 0 Å². The number of hydrogen-bond acceptors (Lipinski definition) is 2. The Hall–Kier alpha value is -0.540. The fourth-order valence-electron chi connectivity index (χ4n) is 1.33. The third-order valence-electron chi connectivity index (χ3n) is 2.32. The lowest BCUT2D eigenvalue weighted by Gasteiger charge is -2.12. The molecule has 0 aliphatic rings. The summed E-state index contributed by atoms with van der Waals surface area (Å²) >= 11 is 0. The highest BCUT2D eigenvalue weighted by Gasteiger charge is 2.17. The van der Waals surface area contributed by atoms with Crippen LogP contribution < -0.4 is 0 Å². The molecule has 0 amide bonds. The molecule has 14 heavy (non-hydrogen) atoms. The number of benzene rings is 1. The quantitative estimate of drug-likeness (QED) is 0.751. The fraction of sp³-hybridized carbons (Fsp3) is 0.400. The van der Waals surface area contributed by atoms with Gasteiger partial charge >= 0.3 is 0 Å². The Morgan fingerprint density at radius 3 is 2.43 bits per heavy atom. The molecule has 0 fully saturated rings. The zero-order valence-electron chi connectivity index (χ0n) is 8.20. The molecule has 0 radical (unpaired) electrons. The van der Waals surface area contributed by atoms with E-state index < -0.39 is 9.05 Å². The zero-order chi connectivity index (χ0) is 10.8. The summed E-state index contributed by atoms with van der Waals surface area (Å²) in [5, 5.41) is 0. The highest BCUT2D eigenvalue weighted by molar-refractivity contribution is 8.13. The minimum Gasteiger partial charge on any atom is -0.207 e. The van der Waals surface area contributed by atoms with Crippen LogP contribution in [0.5, 0.6) is 0 Å². The van der Waals surface area contributed by atoms with Gasteiger partial charge in [-0.2, -0.15) is 0 Å². The Kier molecular flexibility index (Phi) is 3.56. The standard InChI is InChI=1S/C10H13ClO2S/c1-3-8(2)9-6-4-5-7-10(9)14(11,12)13/h4-8H,3H2,1-2H3. The van der Waals surface area contributed by atoms with Crippen molar-refractivity contribution in [3.05, 3.63) is 29.8 Å². The summed E-state index contributed by atoms with van der Waals surface area (Å²) in [7, 11) is 1.72. The normalized spacial score (nSPS) is 13.9. The molecule has 0 heterocycles. The molecule has 0 spiro atoms. The molecule has 0 aliphatic carbocycles. The molecule has 1 atom stereocenters. The fourth-order valence-corrected chi connectivity index (χ4v) is 2.54. The van der Waals surface area contributed by atoms with E-state index in [-0.39, 0.29) is 10.8 Å². The average Bonchev–Trinajstić information content (AvgIpc) is 2.15. The molecule has 1 aromatic rings. The minimum atomic E-state index is -3.62. The van der Waals surface area contributed by atoms with Crippen LogP contribution in [-0.4, -0.2) is 8.42 Å². The summed E-state index contributed by atoms with van der Waals surface area (Å²) in [6.45, 7) is 4.00. The third kappa shape index (κ3) is 2.49. The van der Waals surface area contributed by atoms with E-state index in [1.807, 2.05) is 26.0 Å². The molecule has 4 heteroatoms. The lowest BCUT2D eigenvalue weighted by molar-refractivity contribution is 0.605. The topological polar surface area (TPSA) is 34.1 Å². The molecule has 0 N–H and O–H groups in total. The van der Waals surface area contributed by atoms with Crippen LogP contribution in [0.2, 0.25) is 0 Å². The van der Waals surface area contributed by atoms with Crippen molar-refractivity contribution in [1.82, 2.24) is 0 Å². The maximum absolute atomic E-state index is 11.2. The van der Waals surface area contributed by atoms with Gasteiger partial charge in [-0.15, -0.1) is 0 Å². The van der Waals surface area contributed by atoms with Gasteiger partial charge in [-0.3, -0.25) is 0 Å². The second kappa shape index (κ2) is 4.32. The first-order valence-corrected chi connectivity index (χ1v) is 6.81. The van der Waals surface area contributed by atoms with Crippen molar-refractivity contribution in [2.24, 2.45) is 0 Å². The van der Waals surface area contributed by atoms with Gasteiger partial charge in [-0.05, 0) is 24.0 Å². The SMILES string of the molecule is CCC(C)c1ccccc1S(=O)(=O)Cl. The predicted molar refractivity (Wildman–Crippen MR) is 58.2 cm³/mol. The second-order valence-electron chi connectivity index (χ2n) is 3.28. The summed E-state index contributed by atoms with van der Waals surface area (Å²) in [4.78, 5) is 0.232. The minimum absolute atomic E-state index is 0.208. The van der Waals surface area contributed by atoms with E-state index in [9.17, 15) is 8.42 Å². The Morgan fingerprint density at radius 2 is 1.93 bits per heavy atom. The first-order valence-electron chi connectivity index (χ1n) is 4.50. The van der Waals surface area contributed by atoms with Crippen molar-refractivity contribution in [3.8, 4) is 0 Å². The lowest BCUT2D eigenvalue weighted by atomic mass is 9.99. The molecule has 78 valence electrons. The van der Waals surface area contributed by atoms with Gasteiger partial charge in [-0.25, -0.2) is 8.42 Å². The van der Waals surface area contributed by atoms with Crippen molar-refractivity contribution in [3.63, 3.8) is 0 Å². The van der Waals surface area contributed by atoms with Crippen LogP contribution in [0.1, 0.15) is 31.7 Å². The molecule has 0 saturated heterocycles. The van der Waals surface area contributed by atoms with E-state index in [1.165, 1.54) is 0 Å². The molecule has 1 rings (SSSR count). The van der Waals surface area contributed by atoms with Crippen molar-refractivity contribution in [2.45, 2.75) is 31.1 Å². The molecule has 1 aromatic carbocycles. The molecular weight excluding hydrogens is 220 g/mol. The van der Waals surface area contributed by atoms with Crippen LogP contribution in [0.4, 0.5) is 0 Å². The van der Waals surface area contributed by atoms with Gasteiger partial charge in [0.1, 0.15) is 0 Å². The maximum atomic E-state index is 11.2. The molecular formula is C10H13ClO2S. The Bertz CT molecular complexity index is 412. The van der Waals surface area contributed by atoms with Crippen LogP contribution in [-0.2, 0) is 9.05 Å². The number of halogens is 1. The molecule has 1 unspecified atom stereocenters. The summed E-state index contributed by atoms with van der Waals surface area (Å²) in [5.41, 5.74) is 0.796. The van der Waals surface area contributed by atoms with E-state index in [0.29, 0.717) is 0 Å². The molecule has 0 aromatic heterocycles. The highest BCUT2D eigenvalue weighted by atomic mass is 35.7. The summed E-state index contributed by atoms with van der Waals surface area (Å²) < 4.78 is 22.5. The monoisotopic (exact) mass is 232 g/mol. The maximum Gasteiger partial charge on any atom is 0.261 e. The average molecular weight is 233 g/mol. The highest BCUT2D eigenvalue weighted by Crippen LogP contribution is 2.27. The van der Waals surface area contributed by atoms with Crippen LogP contribution in [0, 0.1) is 0 Å². The third-order valence-corrected chi connectivity index (χ3v) is 3.72. The largest absolute Gasteiger partial charge is 0.261 e. The first-order chi connectivity index (χ1) is 6.46. The van der Waals surface area contributed by atoms with Gasteiger partial charge < -0.3 is 0 Å².